The molecule has 1 unspecified atom stereocenters. The molecule has 1 aliphatic heterocycles. The van der Waals surface area contributed by atoms with Crippen molar-refractivity contribution in [1.29, 1.82) is 0 Å². The molecular weight excluding hydrogens is 288 g/mol. The van der Waals surface area contributed by atoms with E-state index >= 15 is 0 Å². The van der Waals surface area contributed by atoms with Gasteiger partial charge in [0.25, 0.3) is 0 Å². The Morgan fingerprint density at radius 1 is 1.14 bits per heavy atom. The van der Waals surface area contributed by atoms with Crippen molar-refractivity contribution in [3.63, 3.8) is 0 Å². The van der Waals surface area contributed by atoms with E-state index in [-0.39, 0.29) is 16.8 Å². The second-order valence-electron chi connectivity index (χ2n) is 5.55. The van der Waals surface area contributed by atoms with E-state index in [0.717, 1.165) is 31.6 Å². The average Bonchev–Trinajstić information content (AvgIpc) is 2.47. The minimum Gasteiger partial charge on any atom is -0.374 e. The van der Waals surface area contributed by atoms with E-state index in [1.165, 1.54) is 12.7 Å². The molecule has 0 aromatic heterocycles. The standard InChI is InChI=1S/C15H22N2O3S/c1-12(15(18)17-10-4-3-5-11-17)16-13-6-8-14(9-7-13)21(2,19)20/h6-9,12,16H,3-5,10-11H2,1-2H3. The number of anilines is 1. The maximum absolute atomic E-state index is 12.3. The van der Waals surface area contributed by atoms with Crippen LogP contribution in [0.1, 0.15) is 26.2 Å². The Hall–Kier alpha value is -1.56. The first-order valence-corrected chi connectivity index (χ1v) is 9.12. The van der Waals surface area contributed by atoms with E-state index in [1.807, 2.05) is 11.8 Å². The fourth-order valence-corrected chi connectivity index (χ4v) is 3.13. The van der Waals surface area contributed by atoms with Gasteiger partial charge in [-0.05, 0) is 50.5 Å². The molecule has 0 spiro atoms. The number of amides is 1. The topological polar surface area (TPSA) is 66.5 Å². The minimum absolute atomic E-state index is 0.0990. The van der Waals surface area contributed by atoms with Crippen LogP contribution in [0.25, 0.3) is 0 Å². The Kier molecular flexibility index (Phi) is 4.88. The number of hydrogen-bond donors (Lipinski definition) is 1. The number of rotatable bonds is 4. The highest BCUT2D eigenvalue weighted by molar-refractivity contribution is 7.90. The lowest BCUT2D eigenvalue weighted by atomic mass is 10.1. The van der Waals surface area contributed by atoms with Crippen LogP contribution in [-0.2, 0) is 14.6 Å². The Balaban J connectivity index is 1.98. The molecular formula is C15H22N2O3S. The van der Waals surface area contributed by atoms with Crippen molar-refractivity contribution in [3.8, 4) is 0 Å². The zero-order valence-corrected chi connectivity index (χ0v) is 13.3. The van der Waals surface area contributed by atoms with E-state index in [1.54, 1.807) is 24.3 Å². The van der Waals surface area contributed by atoms with E-state index in [9.17, 15) is 13.2 Å². The molecule has 0 radical (unpaired) electrons. The van der Waals surface area contributed by atoms with Crippen LogP contribution in [0.2, 0.25) is 0 Å². The molecule has 2 rings (SSSR count). The molecule has 1 aliphatic rings. The summed E-state index contributed by atoms with van der Waals surface area (Å²) in [7, 11) is -3.18. The number of benzene rings is 1. The Morgan fingerprint density at radius 2 is 1.71 bits per heavy atom. The number of hydrogen-bond acceptors (Lipinski definition) is 4. The molecule has 1 fully saturated rings. The number of likely N-dealkylation sites (tertiary alicyclic amines) is 1. The van der Waals surface area contributed by atoms with Crippen molar-refractivity contribution >= 4 is 21.4 Å². The molecule has 1 saturated heterocycles. The summed E-state index contributed by atoms with van der Waals surface area (Å²) >= 11 is 0. The van der Waals surface area contributed by atoms with Gasteiger partial charge in [-0.3, -0.25) is 4.79 Å². The van der Waals surface area contributed by atoms with Crippen LogP contribution in [0.15, 0.2) is 29.2 Å². The smallest absolute Gasteiger partial charge is 0.244 e. The van der Waals surface area contributed by atoms with E-state index < -0.39 is 9.84 Å². The molecule has 1 aromatic carbocycles. The number of sulfone groups is 1. The third-order valence-corrected chi connectivity index (χ3v) is 4.83. The predicted molar refractivity (Wildman–Crippen MR) is 83.1 cm³/mol. The van der Waals surface area contributed by atoms with E-state index in [2.05, 4.69) is 5.32 Å². The van der Waals surface area contributed by atoms with Crippen molar-refractivity contribution in [2.24, 2.45) is 0 Å². The number of carbonyl (C=O) groups excluding carboxylic acids is 1. The molecule has 1 amide bonds. The zero-order valence-electron chi connectivity index (χ0n) is 12.5. The summed E-state index contributed by atoms with van der Waals surface area (Å²) < 4.78 is 22.8. The van der Waals surface area contributed by atoms with Crippen LogP contribution in [-0.4, -0.2) is 44.6 Å². The lowest BCUT2D eigenvalue weighted by Crippen LogP contribution is -2.43. The average molecular weight is 310 g/mol. The molecule has 116 valence electrons. The first-order valence-electron chi connectivity index (χ1n) is 7.23. The van der Waals surface area contributed by atoms with Crippen LogP contribution in [0.3, 0.4) is 0 Å². The van der Waals surface area contributed by atoms with Crippen molar-refractivity contribution in [3.05, 3.63) is 24.3 Å². The van der Waals surface area contributed by atoms with Gasteiger partial charge in [0.2, 0.25) is 5.91 Å². The fourth-order valence-electron chi connectivity index (χ4n) is 2.50. The summed E-state index contributed by atoms with van der Waals surface area (Å²) in [6.45, 7) is 3.50. The molecule has 1 N–H and O–H groups in total. The van der Waals surface area contributed by atoms with Gasteiger partial charge < -0.3 is 10.2 Å². The summed E-state index contributed by atoms with van der Waals surface area (Å²) in [4.78, 5) is 14.5. The van der Waals surface area contributed by atoms with Crippen molar-refractivity contribution in [2.45, 2.75) is 37.1 Å². The third-order valence-electron chi connectivity index (χ3n) is 3.70. The second-order valence-corrected chi connectivity index (χ2v) is 7.56. The summed E-state index contributed by atoms with van der Waals surface area (Å²) in [5, 5.41) is 3.13. The molecule has 6 heteroatoms. The summed E-state index contributed by atoms with van der Waals surface area (Å²) in [6, 6.07) is 6.17. The largest absolute Gasteiger partial charge is 0.374 e. The monoisotopic (exact) mass is 310 g/mol. The third kappa shape index (κ3) is 4.20. The van der Waals surface area contributed by atoms with Crippen LogP contribution in [0.5, 0.6) is 0 Å². The second kappa shape index (κ2) is 6.47. The van der Waals surface area contributed by atoms with E-state index in [0.29, 0.717) is 0 Å². The van der Waals surface area contributed by atoms with Gasteiger partial charge >= 0.3 is 0 Å². The molecule has 0 bridgehead atoms. The van der Waals surface area contributed by atoms with Gasteiger partial charge in [-0.2, -0.15) is 0 Å². The first kappa shape index (κ1) is 15.8. The van der Waals surface area contributed by atoms with Crippen molar-refractivity contribution in [2.75, 3.05) is 24.7 Å². The maximum atomic E-state index is 12.3. The van der Waals surface area contributed by atoms with Gasteiger partial charge in [-0.15, -0.1) is 0 Å². The van der Waals surface area contributed by atoms with Crippen molar-refractivity contribution < 1.29 is 13.2 Å². The number of nitrogens with zero attached hydrogens (tertiary/aromatic N) is 1. The van der Waals surface area contributed by atoms with Crippen LogP contribution < -0.4 is 5.32 Å². The van der Waals surface area contributed by atoms with Gasteiger partial charge in [0.05, 0.1) is 4.90 Å². The highest BCUT2D eigenvalue weighted by Crippen LogP contribution is 2.16. The summed E-state index contributed by atoms with van der Waals surface area (Å²) in [6.07, 6.45) is 4.51. The van der Waals surface area contributed by atoms with Crippen LogP contribution >= 0.6 is 0 Å². The molecule has 1 heterocycles. The highest BCUT2D eigenvalue weighted by atomic mass is 32.2. The molecule has 0 saturated carbocycles. The van der Waals surface area contributed by atoms with Gasteiger partial charge in [0.1, 0.15) is 6.04 Å². The molecule has 1 atom stereocenters. The van der Waals surface area contributed by atoms with Crippen LogP contribution in [0.4, 0.5) is 5.69 Å². The normalized spacial score (nSPS) is 17.3. The fraction of sp³-hybridized carbons (Fsp3) is 0.533. The Morgan fingerprint density at radius 3 is 2.24 bits per heavy atom. The van der Waals surface area contributed by atoms with Gasteiger partial charge in [-0.1, -0.05) is 0 Å². The Bertz CT molecular complexity index is 590. The van der Waals surface area contributed by atoms with Gasteiger partial charge in [0, 0.05) is 25.0 Å². The number of nitrogens with one attached hydrogen (secondary N) is 1. The summed E-state index contributed by atoms with van der Waals surface area (Å²) in [5.74, 6) is 0.0990. The molecule has 21 heavy (non-hydrogen) atoms. The minimum atomic E-state index is -3.18. The molecule has 5 nitrogen and oxygen atoms in total. The van der Waals surface area contributed by atoms with Gasteiger partial charge in [-0.25, -0.2) is 8.42 Å². The maximum Gasteiger partial charge on any atom is 0.244 e. The summed E-state index contributed by atoms with van der Waals surface area (Å²) in [5.41, 5.74) is 0.750. The quantitative estimate of drug-likeness (QED) is 0.922. The number of piperidine rings is 1. The van der Waals surface area contributed by atoms with Crippen molar-refractivity contribution in [1.82, 2.24) is 4.90 Å². The number of carbonyl (C=O) groups is 1. The lowest BCUT2D eigenvalue weighted by Gasteiger charge is -2.29. The highest BCUT2D eigenvalue weighted by Gasteiger charge is 2.21. The van der Waals surface area contributed by atoms with Gasteiger partial charge in [0.15, 0.2) is 9.84 Å². The first-order chi connectivity index (χ1) is 9.88. The zero-order chi connectivity index (χ0) is 15.5. The Labute approximate surface area is 126 Å². The van der Waals surface area contributed by atoms with E-state index in [4.69, 9.17) is 0 Å². The lowest BCUT2D eigenvalue weighted by molar-refractivity contribution is -0.132. The van der Waals surface area contributed by atoms with Crippen LogP contribution in [0, 0.1) is 0 Å². The molecule has 1 aromatic rings. The molecule has 0 aliphatic carbocycles. The SMILES string of the molecule is CC(Nc1ccc(S(C)(=O)=O)cc1)C(=O)N1CCCCC1. The predicted octanol–water partition coefficient (Wildman–Crippen LogP) is 1.90.